The Bertz CT molecular complexity index is 493. The molecule has 1 aliphatic carbocycles. The fraction of sp³-hybridized carbons (Fsp3) is 0.308. The van der Waals surface area contributed by atoms with Gasteiger partial charge in [-0.25, -0.2) is 9.78 Å². The molecular formula is C13H14N2O3. The zero-order chi connectivity index (χ0) is 13.0. The molecule has 1 heterocycles. The number of carbonyl (C=O) groups excluding carboxylic acids is 1. The van der Waals surface area contributed by atoms with E-state index in [2.05, 4.69) is 10.3 Å². The third-order valence-electron chi connectivity index (χ3n) is 2.89. The van der Waals surface area contributed by atoms with Crippen LogP contribution in [0.5, 0.6) is 0 Å². The van der Waals surface area contributed by atoms with Gasteiger partial charge in [0.15, 0.2) is 0 Å². The van der Waals surface area contributed by atoms with Gasteiger partial charge in [0.2, 0.25) is 5.91 Å². The van der Waals surface area contributed by atoms with Gasteiger partial charge in [-0.05, 0) is 31.1 Å². The molecule has 1 saturated carbocycles. The molecule has 1 aliphatic rings. The second kappa shape index (κ2) is 5.44. The maximum absolute atomic E-state index is 11.7. The first-order valence-corrected chi connectivity index (χ1v) is 5.84. The van der Waals surface area contributed by atoms with E-state index in [0.717, 1.165) is 25.3 Å². The number of carboxylic acids is 1. The fourth-order valence-electron chi connectivity index (χ4n) is 1.67. The molecule has 1 amide bonds. The van der Waals surface area contributed by atoms with Crippen molar-refractivity contribution in [2.45, 2.75) is 19.3 Å². The molecule has 5 nitrogen and oxygen atoms in total. The van der Waals surface area contributed by atoms with E-state index < -0.39 is 5.97 Å². The van der Waals surface area contributed by atoms with Gasteiger partial charge in [-0.2, -0.15) is 0 Å². The molecule has 0 saturated heterocycles. The predicted octanol–water partition coefficient (Wildman–Crippen LogP) is 1.92. The summed E-state index contributed by atoms with van der Waals surface area (Å²) >= 11 is 0. The highest BCUT2D eigenvalue weighted by Gasteiger charge is 2.25. The standard InChI is InChI=1S/C13H14N2O3/c16-12(17)8-7-10-5-2-6-11(14-10)15-13(18)9-3-1-4-9/h2,5-9H,1,3-4H2,(H,16,17)(H,14,15,18). The number of nitrogens with zero attached hydrogens (tertiary/aromatic N) is 1. The molecule has 5 heteroatoms. The van der Waals surface area contributed by atoms with E-state index in [1.54, 1.807) is 18.2 Å². The van der Waals surface area contributed by atoms with E-state index in [9.17, 15) is 9.59 Å². The van der Waals surface area contributed by atoms with Crippen molar-refractivity contribution in [2.24, 2.45) is 5.92 Å². The van der Waals surface area contributed by atoms with Crippen LogP contribution in [0.1, 0.15) is 25.0 Å². The SMILES string of the molecule is O=C(O)C=Cc1cccc(NC(=O)C2CCC2)n1. The zero-order valence-electron chi connectivity index (χ0n) is 9.80. The molecule has 1 aromatic heterocycles. The average Bonchev–Trinajstić information content (AvgIpc) is 2.24. The quantitative estimate of drug-likeness (QED) is 0.795. The highest BCUT2D eigenvalue weighted by Crippen LogP contribution is 2.27. The number of aliphatic carboxylic acids is 1. The molecule has 0 bridgehead atoms. The molecule has 2 N–H and O–H groups in total. The Hall–Kier alpha value is -2.17. The molecule has 0 radical (unpaired) electrons. The summed E-state index contributed by atoms with van der Waals surface area (Å²) in [5.74, 6) is -0.474. The molecule has 1 fully saturated rings. The molecule has 0 aromatic carbocycles. The molecule has 2 rings (SSSR count). The number of rotatable bonds is 4. The van der Waals surface area contributed by atoms with Gasteiger partial charge in [0, 0.05) is 12.0 Å². The smallest absolute Gasteiger partial charge is 0.328 e. The first kappa shape index (κ1) is 12.3. The van der Waals surface area contributed by atoms with E-state index >= 15 is 0 Å². The lowest BCUT2D eigenvalue weighted by Gasteiger charge is -2.23. The van der Waals surface area contributed by atoms with Gasteiger partial charge in [0.25, 0.3) is 0 Å². The van der Waals surface area contributed by atoms with Crippen molar-refractivity contribution in [1.29, 1.82) is 0 Å². The summed E-state index contributed by atoms with van der Waals surface area (Å²) < 4.78 is 0. The third-order valence-corrected chi connectivity index (χ3v) is 2.89. The van der Waals surface area contributed by atoms with Gasteiger partial charge >= 0.3 is 5.97 Å². The maximum atomic E-state index is 11.7. The summed E-state index contributed by atoms with van der Waals surface area (Å²) in [4.78, 5) is 26.2. The molecule has 18 heavy (non-hydrogen) atoms. The second-order valence-corrected chi connectivity index (χ2v) is 4.24. The van der Waals surface area contributed by atoms with Crippen molar-refractivity contribution in [3.63, 3.8) is 0 Å². The van der Waals surface area contributed by atoms with Gasteiger partial charge in [-0.3, -0.25) is 4.79 Å². The largest absolute Gasteiger partial charge is 0.478 e. The Balaban J connectivity index is 2.02. The maximum Gasteiger partial charge on any atom is 0.328 e. The van der Waals surface area contributed by atoms with Crippen LogP contribution in [0.25, 0.3) is 6.08 Å². The molecule has 0 unspecified atom stereocenters. The van der Waals surface area contributed by atoms with Crippen LogP contribution < -0.4 is 5.32 Å². The van der Waals surface area contributed by atoms with Crippen LogP contribution in [0.3, 0.4) is 0 Å². The van der Waals surface area contributed by atoms with Crippen LogP contribution in [0.2, 0.25) is 0 Å². The Kier molecular flexibility index (Phi) is 3.72. The number of aromatic nitrogens is 1. The summed E-state index contributed by atoms with van der Waals surface area (Å²) in [6.45, 7) is 0. The summed E-state index contributed by atoms with van der Waals surface area (Å²) in [7, 11) is 0. The third kappa shape index (κ3) is 3.16. The Labute approximate surface area is 105 Å². The summed E-state index contributed by atoms with van der Waals surface area (Å²) in [5, 5.41) is 11.3. The zero-order valence-corrected chi connectivity index (χ0v) is 9.80. The van der Waals surface area contributed by atoms with Crippen LogP contribution in [-0.2, 0) is 9.59 Å². The van der Waals surface area contributed by atoms with Crippen LogP contribution in [-0.4, -0.2) is 22.0 Å². The minimum absolute atomic E-state index is 0.00638. The number of anilines is 1. The summed E-state index contributed by atoms with van der Waals surface area (Å²) in [6.07, 6.45) is 5.38. The van der Waals surface area contributed by atoms with E-state index in [1.807, 2.05) is 0 Å². The van der Waals surface area contributed by atoms with Gasteiger partial charge in [0.05, 0.1) is 5.69 Å². The number of hydrogen-bond acceptors (Lipinski definition) is 3. The van der Waals surface area contributed by atoms with Crippen molar-refractivity contribution >= 4 is 23.8 Å². The van der Waals surface area contributed by atoms with Crippen molar-refractivity contribution < 1.29 is 14.7 Å². The highest BCUT2D eigenvalue weighted by molar-refractivity contribution is 5.92. The van der Waals surface area contributed by atoms with Crippen molar-refractivity contribution in [1.82, 2.24) is 4.98 Å². The first-order chi connectivity index (χ1) is 8.65. The lowest BCUT2D eigenvalue weighted by atomic mass is 9.85. The number of pyridine rings is 1. The topological polar surface area (TPSA) is 79.3 Å². The molecule has 1 aromatic rings. The van der Waals surface area contributed by atoms with Gasteiger partial charge in [-0.15, -0.1) is 0 Å². The number of carbonyl (C=O) groups is 2. The minimum atomic E-state index is -1.03. The lowest BCUT2D eigenvalue weighted by Crippen LogP contribution is -2.28. The van der Waals surface area contributed by atoms with Crippen molar-refractivity contribution in [2.75, 3.05) is 5.32 Å². The number of amides is 1. The average molecular weight is 246 g/mol. The van der Waals surface area contributed by atoms with E-state index in [-0.39, 0.29) is 11.8 Å². The molecular weight excluding hydrogens is 232 g/mol. The van der Waals surface area contributed by atoms with Gasteiger partial charge in [0.1, 0.15) is 5.82 Å². The summed E-state index contributed by atoms with van der Waals surface area (Å²) in [6, 6.07) is 5.10. The Morgan fingerprint density at radius 3 is 2.78 bits per heavy atom. The minimum Gasteiger partial charge on any atom is -0.478 e. The summed E-state index contributed by atoms with van der Waals surface area (Å²) in [5.41, 5.74) is 0.504. The molecule has 0 spiro atoms. The van der Waals surface area contributed by atoms with E-state index in [4.69, 9.17) is 5.11 Å². The van der Waals surface area contributed by atoms with Gasteiger partial charge < -0.3 is 10.4 Å². The van der Waals surface area contributed by atoms with E-state index in [1.165, 1.54) is 6.08 Å². The number of hydrogen-bond donors (Lipinski definition) is 2. The second-order valence-electron chi connectivity index (χ2n) is 4.24. The Morgan fingerprint density at radius 1 is 1.39 bits per heavy atom. The van der Waals surface area contributed by atoms with Crippen molar-refractivity contribution in [3.05, 3.63) is 30.0 Å². The predicted molar refractivity (Wildman–Crippen MR) is 66.9 cm³/mol. The Morgan fingerprint density at radius 2 is 2.17 bits per heavy atom. The number of nitrogens with one attached hydrogen (secondary N) is 1. The van der Waals surface area contributed by atoms with Crippen LogP contribution >= 0.6 is 0 Å². The molecule has 0 aliphatic heterocycles. The van der Waals surface area contributed by atoms with Gasteiger partial charge in [-0.1, -0.05) is 12.5 Å². The molecule has 94 valence electrons. The highest BCUT2D eigenvalue weighted by atomic mass is 16.4. The normalized spacial score (nSPS) is 15.3. The fourth-order valence-corrected chi connectivity index (χ4v) is 1.67. The van der Waals surface area contributed by atoms with Crippen molar-refractivity contribution in [3.8, 4) is 0 Å². The van der Waals surface area contributed by atoms with Crippen LogP contribution in [0.15, 0.2) is 24.3 Å². The first-order valence-electron chi connectivity index (χ1n) is 5.84. The number of carboxylic acid groups (broad SMARTS) is 1. The van der Waals surface area contributed by atoms with Crippen LogP contribution in [0, 0.1) is 5.92 Å². The monoisotopic (exact) mass is 246 g/mol. The lowest BCUT2D eigenvalue weighted by molar-refractivity contribution is -0.131. The van der Waals surface area contributed by atoms with E-state index in [0.29, 0.717) is 11.5 Å². The molecule has 0 atom stereocenters. The van der Waals surface area contributed by atoms with Crippen LogP contribution in [0.4, 0.5) is 5.82 Å².